The molecule has 1 aliphatic rings. The van der Waals surface area contributed by atoms with Gasteiger partial charge in [0.2, 0.25) is 0 Å². The lowest BCUT2D eigenvalue weighted by Crippen LogP contribution is -2.32. The fourth-order valence-corrected chi connectivity index (χ4v) is 2.90. The molecule has 1 fully saturated rings. The van der Waals surface area contributed by atoms with Gasteiger partial charge < -0.3 is 9.84 Å². The molecule has 0 spiro atoms. The van der Waals surface area contributed by atoms with Gasteiger partial charge in [-0.1, -0.05) is 0 Å². The molecule has 6 heteroatoms. The molecule has 0 aromatic carbocycles. The van der Waals surface area contributed by atoms with Crippen molar-refractivity contribution in [2.24, 2.45) is 0 Å². The predicted molar refractivity (Wildman–Crippen MR) is 45.3 cm³/mol. The molecule has 0 aromatic rings. The Morgan fingerprint density at radius 3 is 2.77 bits per heavy atom. The summed E-state index contributed by atoms with van der Waals surface area (Å²) in [6, 6.07) is 0. The summed E-state index contributed by atoms with van der Waals surface area (Å²) in [5.74, 6) is -0.914. The van der Waals surface area contributed by atoms with Gasteiger partial charge in [0.1, 0.15) is 6.61 Å². The second-order valence-corrected chi connectivity index (χ2v) is 5.31. The minimum atomic E-state index is -3.00. The Balaban J connectivity index is 2.39. The van der Waals surface area contributed by atoms with Crippen LogP contribution in [-0.2, 0) is 19.4 Å². The molecule has 76 valence electrons. The number of carboxylic acids is 1. The summed E-state index contributed by atoms with van der Waals surface area (Å²) < 4.78 is 27.1. The standard InChI is InChI=1S/C7H12O5S/c8-7(9)4-12-6-2-1-3-13(10,11)5-6/h6H,1-5H2,(H,8,9). The van der Waals surface area contributed by atoms with Crippen LogP contribution < -0.4 is 0 Å². The van der Waals surface area contributed by atoms with Crippen LogP contribution >= 0.6 is 0 Å². The summed E-state index contributed by atoms with van der Waals surface area (Å²) >= 11 is 0. The lowest BCUT2D eigenvalue weighted by Gasteiger charge is -2.21. The molecule has 0 saturated carbocycles. The van der Waals surface area contributed by atoms with Crippen LogP contribution in [0, 0.1) is 0 Å². The van der Waals surface area contributed by atoms with Crippen molar-refractivity contribution in [3.63, 3.8) is 0 Å². The van der Waals surface area contributed by atoms with Crippen LogP contribution in [0.5, 0.6) is 0 Å². The molecule has 0 radical (unpaired) electrons. The van der Waals surface area contributed by atoms with Crippen molar-refractivity contribution in [1.82, 2.24) is 0 Å². The summed E-state index contributed by atoms with van der Waals surface area (Å²) in [6.45, 7) is -0.416. The molecular weight excluding hydrogens is 196 g/mol. The second-order valence-electron chi connectivity index (χ2n) is 3.08. The molecule has 1 rings (SSSR count). The highest BCUT2D eigenvalue weighted by molar-refractivity contribution is 7.91. The minimum absolute atomic E-state index is 0.0414. The number of hydrogen-bond donors (Lipinski definition) is 1. The van der Waals surface area contributed by atoms with E-state index in [9.17, 15) is 13.2 Å². The summed E-state index contributed by atoms with van der Waals surface area (Å²) in [5, 5.41) is 8.30. The van der Waals surface area contributed by atoms with Crippen molar-refractivity contribution >= 4 is 15.8 Å². The van der Waals surface area contributed by atoms with Gasteiger partial charge in [-0.15, -0.1) is 0 Å². The van der Waals surface area contributed by atoms with Crippen molar-refractivity contribution < 1.29 is 23.1 Å². The van der Waals surface area contributed by atoms with Crippen molar-refractivity contribution in [2.45, 2.75) is 18.9 Å². The maximum atomic E-state index is 11.1. The lowest BCUT2D eigenvalue weighted by atomic mass is 10.2. The van der Waals surface area contributed by atoms with Crippen LogP contribution in [-0.4, -0.2) is 43.7 Å². The van der Waals surface area contributed by atoms with Crippen LogP contribution in [0.15, 0.2) is 0 Å². The van der Waals surface area contributed by atoms with E-state index in [0.717, 1.165) is 0 Å². The first-order valence-electron chi connectivity index (χ1n) is 4.03. The third-order valence-electron chi connectivity index (χ3n) is 1.86. The van der Waals surface area contributed by atoms with E-state index in [4.69, 9.17) is 9.84 Å². The molecule has 0 amide bonds. The third kappa shape index (κ3) is 3.73. The van der Waals surface area contributed by atoms with E-state index in [1.165, 1.54) is 0 Å². The first-order chi connectivity index (χ1) is 5.99. The quantitative estimate of drug-likeness (QED) is 0.686. The Kier molecular flexibility index (Phi) is 3.27. The fourth-order valence-electron chi connectivity index (χ4n) is 1.30. The van der Waals surface area contributed by atoms with E-state index >= 15 is 0 Å². The molecule has 13 heavy (non-hydrogen) atoms. The molecule has 1 aliphatic heterocycles. The highest BCUT2D eigenvalue weighted by Gasteiger charge is 2.25. The molecule has 1 saturated heterocycles. The van der Waals surface area contributed by atoms with Crippen LogP contribution in [0.4, 0.5) is 0 Å². The largest absolute Gasteiger partial charge is 0.480 e. The Hall–Kier alpha value is -0.620. The van der Waals surface area contributed by atoms with Gasteiger partial charge in [-0.3, -0.25) is 0 Å². The van der Waals surface area contributed by atoms with Crippen molar-refractivity contribution in [3.05, 3.63) is 0 Å². The van der Waals surface area contributed by atoms with Crippen LogP contribution in [0.1, 0.15) is 12.8 Å². The second kappa shape index (κ2) is 4.06. The van der Waals surface area contributed by atoms with E-state index in [2.05, 4.69) is 0 Å². The normalized spacial score (nSPS) is 26.9. The topological polar surface area (TPSA) is 80.7 Å². The predicted octanol–water partition coefficient (Wildman–Crippen LogP) is -0.335. The van der Waals surface area contributed by atoms with Gasteiger partial charge >= 0.3 is 5.97 Å². The van der Waals surface area contributed by atoms with Gasteiger partial charge in [0, 0.05) is 0 Å². The summed E-state index contributed by atoms with van der Waals surface area (Å²) in [4.78, 5) is 10.1. The molecule has 5 nitrogen and oxygen atoms in total. The fraction of sp³-hybridized carbons (Fsp3) is 0.857. The zero-order valence-electron chi connectivity index (χ0n) is 7.10. The molecule has 0 aliphatic carbocycles. The maximum Gasteiger partial charge on any atom is 0.329 e. The highest BCUT2D eigenvalue weighted by Crippen LogP contribution is 2.14. The van der Waals surface area contributed by atoms with E-state index in [1.807, 2.05) is 0 Å². The number of ether oxygens (including phenoxy) is 1. The molecule has 1 atom stereocenters. The van der Waals surface area contributed by atoms with Crippen molar-refractivity contribution in [2.75, 3.05) is 18.1 Å². The number of carbonyl (C=O) groups is 1. The molecular formula is C7H12O5S. The molecule has 0 aromatic heterocycles. The summed E-state index contributed by atoms with van der Waals surface area (Å²) in [7, 11) is -3.00. The van der Waals surface area contributed by atoms with E-state index < -0.39 is 28.5 Å². The smallest absolute Gasteiger partial charge is 0.329 e. The van der Waals surface area contributed by atoms with Crippen LogP contribution in [0.3, 0.4) is 0 Å². The number of rotatable bonds is 3. The Bertz CT molecular complexity index is 281. The average molecular weight is 208 g/mol. The molecule has 0 bridgehead atoms. The molecule has 1 heterocycles. The van der Waals surface area contributed by atoms with Gasteiger partial charge in [-0.25, -0.2) is 13.2 Å². The SMILES string of the molecule is O=C(O)COC1CCCS(=O)(=O)C1. The van der Waals surface area contributed by atoms with Crippen molar-refractivity contribution in [1.29, 1.82) is 0 Å². The zero-order valence-corrected chi connectivity index (χ0v) is 7.92. The first-order valence-corrected chi connectivity index (χ1v) is 5.85. The molecule has 1 unspecified atom stereocenters. The van der Waals surface area contributed by atoms with Gasteiger partial charge in [0.25, 0.3) is 0 Å². The lowest BCUT2D eigenvalue weighted by molar-refractivity contribution is -0.144. The van der Waals surface area contributed by atoms with Gasteiger partial charge in [-0.05, 0) is 12.8 Å². The van der Waals surface area contributed by atoms with E-state index in [0.29, 0.717) is 12.8 Å². The van der Waals surface area contributed by atoms with Crippen LogP contribution in [0.25, 0.3) is 0 Å². The Morgan fingerprint density at radius 2 is 2.23 bits per heavy atom. The van der Waals surface area contributed by atoms with E-state index in [1.54, 1.807) is 0 Å². The van der Waals surface area contributed by atoms with Crippen LogP contribution in [0.2, 0.25) is 0 Å². The molecule has 1 N–H and O–H groups in total. The Morgan fingerprint density at radius 1 is 1.54 bits per heavy atom. The number of sulfone groups is 1. The number of hydrogen-bond acceptors (Lipinski definition) is 4. The van der Waals surface area contributed by atoms with E-state index in [-0.39, 0.29) is 11.5 Å². The monoisotopic (exact) mass is 208 g/mol. The highest BCUT2D eigenvalue weighted by atomic mass is 32.2. The van der Waals surface area contributed by atoms with Gasteiger partial charge in [0.05, 0.1) is 17.6 Å². The summed E-state index contributed by atoms with van der Waals surface area (Å²) in [5.41, 5.74) is 0. The minimum Gasteiger partial charge on any atom is -0.480 e. The zero-order chi connectivity index (χ0) is 9.90. The van der Waals surface area contributed by atoms with Gasteiger partial charge in [0.15, 0.2) is 9.84 Å². The first kappa shape index (κ1) is 10.5. The Labute approximate surface area is 76.6 Å². The maximum absolute atomic E-state index is 11.1. The average Bonchev–Trinajstić information content (AvgIpc) is 1.99. The number of aliphatic carboxylic acids is 1. The van der Waals surface area contributed by atoms with Crippen molar-refractivity contribution in [3.8, 4) is 0 Å². The number of carboxylic acid groups (broad SMARTS) is 1. The van der Waals surface area contributed by atoms with Gasteiger partial charge in [-0.2, -0.15) is 0 Å². The summed E-state index contributed by atoms with van der Waals surface area (Å²) in [6.07, 6.45) is 0.758. The third-order valence-corrected chi connectivity index (χ3v) is 3.65.